The van der Waals surface area contributed by atoms with Crippen LogP contribution in [0.5, 0.6) is 11.5 Å². The molecule has 182 valence electrons. The Bertz CT molecular complexity index is 1430. The fourth-order valence-electron chi connectivity index (χ4n) is 3.78. The number of aromatic amines is 1. The fourth-order valence-corrected chi connectivity index (χ4v) is 3.92. The minimum atomic E-state index is -1.95. The summed E-state index contributed by atoms with van der Waals surface area (Å²) in [7, 11) is 1.73. The number of nitrogens with one attached hydrogen (secondary N) is 1. The summed E-state index contributed by atoms with van der Waals surface area (Å²) < 4.78 is 56.5. The predicted octanol–water partition coefficient (Wildman–Crippen LogP) is 4.36. The van der Waals surface area contributed by atoms with Gasteiger partial charge in [0.2, 0.25) is 5.28 Å². The molecule has 0 aliphatic carbocycles. The molecular formula is C23H19ClF3N5O3. The Morgan fingerprint density at radius 3 is 2.69 bits per heavy atom. The van der Waals surface area contributed by atoms with Crippen LogP contribution in [0.15, 0.2) is 41.8 Å². The van der Waals surface area contributed by atoms with Crippen LogP contribution in [0.1, 0.15) is 5.56 Å². The van der Waals surface area contributed by atoms with Crippen molar-refractivity contribution in [3.05, 3.63) is 59.3 Å². The second kappa shape index (κ2) is 8.90. The molecule has 3 aromatic heterocycles. The molecule has 1 aromatic carbocycles. The molecule has 0 saturated carbocycles. The van der Waals surface area contributed by atoms with E-state index in [0.29, 0.717) is 22.3 Å². The number of hydrogen-bond acceptors (Lipinski definition) is 6. The minimum absolute atomic E-state index is 0.0433. The maximum atomic E-state index is 15.0. The summed E-state index contributed by atoms with van der Waals surface area (Å²) in [6.45, 7) is -1.39. The number of aliphatic hydroxyl groups excluding tert-OH is 1. The zero-order chi connectivity index (χ0) is 24.7. The van der Waals surface area contributed by atoms with Gasteiger partial charge in [-0.25, -0.2) is 23.1 Å². The molecule has 1 aliphatic heterocycles. The van der Waals surface area contributed by atoms with Gasteiger partial charge in [-0.05, 0) is 35.4 Å². The van der Waals surface area contributed by atoms with Gasteiger partial charge in [0.1, 0.15) is 18.0 Å². The van der Waals surface area contributed by atoms with E-state index in [1.54, 1.807) is 24.0 Å². The number of fused-ring (bicyclic) bond motifs is 1. The number of aliphatic imine (C=N–C) groups is 1. The smallest absolute Gasteiger partial charge is 0.202 e. The lowest BCUT2D eigenvalue weighted by atomic mass is 10.1. The largest absolute Gasteiger partial charge is 0.477 e. The van der Waals surface area contributed by atoms with Crippen molar-refractivity contribution >= 4 is 28.5 Å². The first-order chi connectivity index (χ1) is 16.8. The van der Waals surface area contributed by atoms with Crippen molar-refractivity contribution in [3.63, 3.8) is 0 Å². The summed E-state index contributed by atoms with van der Waals surface area (Å²) in [4.78, 5) is 15.3. The molecule has 4 heterocycles. The number of alkyl halides is 1. The summed E-state index contributed by atoms with van der Waals surface area (Å²) >= 11 is 6.06. The lowest BCUT2D eigenvalue weighted by Crippen LogP contribution is -2.42. The lowest BCUT2D eigenvalue weighted by molar-refractivity contribution is 0.0171. The van der Waals surface area contributed by atoms with Crippen molar-refractivity contribution in [1.82, 2.24) is 19.5 Å². The van der Waals surface area contributed by atoms with Gasteiger partial charge in [0.15, 0.2) is 29.0 Å². The molecule has 1 atom stereocenters. The normalized spacial score (nSPS) is 17.9. The number of H-pyrrole nitrogens is 1. The number of aromatic nitrogens is 4. The van der Waals surface area contributed by atoms with Crippen LogP contribution in [-0.2, 0) is 18.2 Å². The third-order valence-electron chi connectivity index (χ3n) is 5.69. The molecule has 8 nitrogen and oxygen atoms in total. The van der Waals surface area contributed by atoms with E-state index < -0.39 is 29.7 Å². The number of pyridine rings is 1. The molecular weight excluding hydrogens is 487 g/mol. The number of hydrogen-bond donors (Lipinski definition) is 2. The van der Waals surface area contributed by atoms with E-state index in [-0.39, 0.29) is 42.1 Å². The van der Waals surface area contributed by atoms with Gasteiger partial charge in [-0.1, -0.05) is 0 Å². The Labute approximate surface area is 202 Å². The summed E-state index contributed by atoms with van der Waals surface area (Å²) in [5.41, 5.74) is 0.0226. The topological polar surface area (TPSA) is 97.6 Å². The Morgan fingerprint density at radius 1 is 1.29 bits per heavy atom. The first-order valence-corrected chi connectivity index (χ1v) is 10.9. The molecule has 1 unspecified atom stereocenters. The Kier molecular flexibility index (Phi) is 5.89. The molecule has 5 rings (SSSR count). The first kappa shape index (κ1) is 23.2. The van der Waals surface area contributed by atoms with Crippen LogP contribution >= 0.6 is 11.6 Å². The van der Waals surface area contributed by atoms with Crippen molar-refractivity contribution in [2.75, 3.05) is 19.8 Å². The quantitative estimate of drug-likeness (QED) is 0.406. The van der Waals surface area contributed by atoms with Gasteiger partial charge in [-0.3, -0.25) is 4.99 Å². The molecule has 12 heteroatoms. The van der Waals surface area contributed by atoms with Gasteiger partial charge < -0.3 is 24.1 Å². The Balaban J connectivity index is 1.45. The van der Waals surface area contributed by atoms with Gasteiger partial charge in [-0.15, -0.1) is 0 Å². The average molecular weight is 506 g/mol. The molecule has 1 aliphatic rings. The third-order valence-corrected chi connectivity index (χ3v) is 6.04. The highest BCUT2D eigenvalue weighted by atomic mass is 35.5. The Hall–Kier alpha value is -3.57. The summed E-state index contributed by atoms with van der Waals surface area (Å²) in [5.74, 6) is -2.15. The molecule has 0 bridgehead atoms. The van der Waals surface area contributed by atoms with E-state index in [0.717, 1.165) is 12.1 Å². The maximum Gasteiger partial charge on any atom is 0.202 e. The standard InChI is InChI=1S/C23H19ClF3N5O3/c1-32-16(8-30-22(32)24)13-7-29-21-19(13)17(2-3-28-21)35-20-14(25)4-12(5-15(20)26)6-18-31-9-23(27,10-33)11-34-18/h2-5,7-8,33H,6,9-11H2,1H3,(H,28,29). The number of aliphatic hydroxyl groups is 1. The van der Waals surface area contributed by atoms with Gasteiger partial charge in [0.25, 0.3) is 0 Å². The highest BCUT2D eigenvalue weighted by Crippen LogP contribution is 2.38. The molecule has 0 saturated heterocycles. The Morgan fingerprint density at radius 2 is 2.06 bits per heavy atom. The van der Waals surface area contributed by atoms with Gasteiger partial charge >= 0.3 is 0 Å². The van der Waals surface area contributed by atoms with Crippen LogP contribution < -0.4 is 4.74 Å². The number of ether oxygens (including phenoxy) is 2. The number of imidazole rings is 1. The predicted molar refractivity (Wildman–Crippen MR) is 123 cm³/mol. The second-order valence-electron chi connectivity index (χ2n) is 8.18. The van der Waals surface area contributed by atoms with Gasteiger partial charge in [0.05, 0.1) is 30.4 Å². The maximum absolute atomic E-state index is 15.0. The number of benzene rings is 1. The van der Waals surface area contributed by atoms with Crippen molar-refractivity contribution in [2.45, 2.75) is 12.1 Å². The number of rotatable bonds is 6. The van der Waals surface area contributed by atoms with E-state index >= 15 is 0 Å². The zero-order valence-electron chi connectivity index (χ0n) is 18.4. The van der Waals surface area contributed by atoms with Crippen LogP contribution in [0.2, 0.25) is 5.28 Å². The second-order valence-corrected chi connectivity index (χ2v) is 8.52. The monoisotopic (exact) mass is 505 g/mol. The van der Waals surface area contributed by atoms with E-state index in [1.165, 1.54) is 12.3 Å². The van der Waals surface area contributed by atoms with Crippen LogP contribution in [0.25, 0.3) is 22.3 Å². The third kappa shape index (κ3) is 4.32. The van der Waals surface area contributed by atoms with E-state index in [9.17, 15) is 13.2 Å². The van der Waals surface area contributed by atoms with Crippen molar-refractivity contribution in [1.29, 1.82) is 0 Å². The summed E-state index contributed by atoms with van der Waals surface area (Å²) in [5, 5.41) is 9.82. The van der Waals surface area contributed by atoms with Crippen molar-refractivity contribution < 1.29 is 27.8 Å². The highest BCUT2D eigenvalue weighted by Gasteiger charge is 2.34. The SMILES string of the molecule is Cn1c(-c2c[nH]c3nccc(Oc4c(F)cc(CC5=NCC(F)(CO)CO5)cc4F)c23)cnc1Cl. The van der Waals surface area contributed by atoms with Crippen LogP contribution in [0, 0.1) is 11.6 Å². The van der Waals surface area contributed by atoms with Crippen molar-refractivity contribution in [2.24, 2.45) is 12.0 Å². The van der Waals surface area contributed by atoms with Crippen LogP contribution in [-0.4, -0.2) is 56.0 Å². The fraction of sp³-hybridized carbons (Fsp3) is 0.261. The van der Waals surface area contributed by atoms with E-state index in [4.69, 9.17) is 26.2 Å². The molecule has 2 N–H and O–H groups in total. The zero-order valence-corrected chi connectivity index (χ0v) is 19.1. The molecule has 4 aromatic rings. The first-order valence-electron chi connectivity index (χ1n) is 10.5. The number of halogens is 4. The van der Waals surface area contributed by atoms with Crippen LogP contribution in [0.4, 0.5) is 13.2 Å². The average Bonchev–Trinajstić information content (AvgIpc) is 3.41. The minimum Gasteiger partial charge on any atom is -0.477 e. The van der Waals surface area contributed by atoms with E-state index in [1.807, 2.05) is 0 Å². The number of nitrogens with zero attached hydrogens (tertiary/aromatic N) is 4. The van der Waals surface area contributed by atoms with E-state index in [2.05, 4.69) is 19.9 Å². The molecule has 0 spiro atoms. The highest BCUT2D eigenvalue weighted by molar-refractivity contribution is 6.28. The molecule has 0 fully saturated rings. The summed E-state index contributed by atoms with van der Waals surface area (Å²) in [6, 6.07) is 3.70. The molecule has 0 amide bonds. The van der Waals surface area contributed by atoms with Gasteiger partial charge in [0, 0.05) is 31.4 Å². The molecule has 35 heavy (non-hydrogen) atoms. The summed E-state index contributed by atoms with van der Waals surface area (Å²) in [6.07, 6.45) is 4.66. The van der Waals surface area contributed by atoms with Gasteiger partial charge in [-0.2, -0.15) is 0 Å². The lowest BCUT2D eigenvalue weighted by Gasteiger charge is -2.26. The van der Waals surface area contributed by atoms with Crippen LogP contribution in [0.3, 0.4) is 0 Å². The molecule has 0 radical (unpaired) electrons. The van der Waals surface area contributed by atoms with Crippen molar-refractivity contribution in [3.8, 4) is 22.8 Å².